The highest BCUT2D eigenvalue weighted by Gasteiger charge is 2.07. The van der Waals surface area contributed by atoms with Gasteiger partial charge in [0.15, 0.2) is 5.82 Å². The summed E-state index contributed by atoms with van der Waals surface area (Å²) in [5.41, 5.74) is 6.17. The SMILES string of the molecule is Nc1ncc(Cl)c(Nc2cc(Br)ccc2Cl)n1. The van der Waals surface area contributed by atoms with Gasteiger partial charge in [0.1, 0.15) is 5.02 Å². The summed E-state index contributed by atoms with van der Waals surface area (Å²) >= 11 is 15.3. The second-order valence-corrected chi connectivity index (χ2v) is 4.90. The van der Waals surface area contributed by atoms with Gasteiger partial charge in [0, 0.05) is 4.47 Å². The molecule has 2 rings (SSSR count). The summed E-state index contributed by atoms with van der Waals surface area (Å²) in [6.45, 7) is 0. The minimum absolute atomic E-state index is 0.142. The Morgan fingerprint density at radius 1 is 1.24 bits per heavy atom. The monoisotopic (exact) mass is 332 g/mol. The Morgan fingerprint density at radius 3 is 2.76 bits per heavy atom. The van der Waals surface area contributed by atoms with Crippen molar-refractivity contribution in [2.24, 2.45) is 0 Å². The van der Waals surface area contributed by atoms with Crippen LogP contribution in [-0.4, -0.2) is 9.97 Å². The molecule has 88 valence electrons. The molecule has 1 heterocycles. The number of hydrogen-bond acceptors (Lipinski definition) is 4. The van der Waals surface area contributed by atoms with Crippen molar-refractivity contribution in [2.45, 2.75) is 0 Å². The van der Waals surface area contributed by atoms with Crippen molar-refractivity contribution in [3.05, 3.63) is 38.9 Å². The van der Waals surface area contributed by atoms with Crippen molar-refractivity contribution in [2.75, 3.05) is 11.1 Å². The largest absolute Gasteiger partial charge is 0.368 e. The third kappa shape index (κ3) is 3.00. The zero-order valence-corrected chi connectivity index (χ0v) is 11.5. The third-order valence-corrected chi connectivity index (χ3v) is 3.04. The molecule has 0 fully saturated rings. The topological polar surface area (TPSA) is 63.8 Å². The van der Waals surface area contributed by atoms with Crippen molar-refractivity contribution in [3.8, 4) is 0 Å². The molecule has 0 amide bonds. The first-order chi connectivity index (χ1) is 8.06. The fourth-order valence-electron chi connectivity index (χ4n) is 1.19. The summed E-state index contributed by atoms with van der Waals surface area (Å²) in [5, 5.41) is 3.92. The first-order valence-corrected chi connectivity index (χ1v) is 6.11. The first-order valence-electron chi connectivity index (χ1n) is 4.56. The molecule has 0 aliphatic rings. The van der Waals surface area contributed by atoms with Crippen LogP contribution in [0.15, 0.2) is 28.9 Å². The fourth-order valence-corrected chi connectivity index (χ4v) is 1.85. The average Bonchev–Trinajstić information content (AvgIpc) is 2.28. The second kappa shape index (κ2) is 5.08. The van der Waals surface area contributed by atoms with Gasteiger partial charge in [0.05, 0.1) is 16.9 Å². The Kier molecular flexibility index (Phi) is 3.71. The molecule has 1 aromatic heterocycles. The van der Waals surface area contributed by atoms with Crippen LogP contribution >= 0.6 is 39.1 Å². The maximum atomic E-state index is 6.04. The highest BCUT2D eigenvalue weighted by atomic mass is 79.9. The number of hydrogen-bond donors (Lipinski definition) is 2. The molecule has 17 heavy (non-hydrogen) atoms. The maximum Gasteiger partial charge on any atom is 0.222 e. The average molecular weight is 334 g/mol. The van der Waals surface area contributed by atoms with Gasteiger partial charge in [-0.3, -0.25) is 0 Å². The van der Waals surface area contributed by atoms with Crippen LogP contribution in [0.1, 0.15) is 0 Å². The molecule has 0 saturated carbocycles. The standard InChI is InChI=1S/C10H7BrCl2N4/c11-5-1-2-6(12)8(3-5)16-9-7(13)4-15-10(14)17-9/h1-4H,(H3,14,15,16,17). The van der Waals surface area contributed by atoms with E-state index in [1.807, 2.05) is 12.1 Å². The van der Waals surface area contributed by atoms with E-state index in [0.29, 0.717) is 21.6 Å². The Bertz CT molecular complexity index is 512. The number of nitrogens with two attached hydrogens (primary N) is 1. The molecule has 4 nitrogen and oxygen atoms in total. The smallest absolute Gasteiger partial charge is 0.222 e. The normalized spacial score (nSPS) is 10.3. The van der Waals surface area contributed by atoms with Crippen LogP contribution in [-0.2, 0) is 0 Å². The van der Waals surface area contributed by atoms with E-state index in [2.05, 4.69) is 31.2 Å². The van der Waals surface area contributed by atoms with Crippen LogP contribution in [0.3, 0.4) is 0 Å². The van der Waals surface area contributed by atoms with Crippen LogP contribution in [0.2, 0.25) is 10.0 Å². The molecular weight excluding hydrogens is 327 g/mol. The lowest BCUT2D eigenvalue weighted by Crippen LogP contribution is -2.00. The van der Waals surface area contributed by atoms with Crippen LogP contribution in [0.4, 0.5) is 17.5 Å². The summed E-state index contributed by atoms with van der Waals surface area (Å²) in [5.74, 6) is 0.558. The molecule has 0 saturated heterocycles. The van der Waals surface area contributed by atoms with E-state index in [1.54, 1.807) is 6.07 Å². The van der Waals surface area contributed by atoms with Crippen molar-refractivity contribution in [1.29, 1.82) is 0 Å². The van der Waals surface area contributed by atoms with E-state index in [-0.39, 0.29) is 5.95 Å². The highest BCUT2D eigenvalue weighted by Crippen LogP contribution is 2.30. The van der Waals surface area contributed by atoms with Gasteiger partial charge >= 0.3 is 0 Å². The Hall–Kier alpha value is -1.04. The minimum Gasteiger partial charge on any atom is -0.368 e. The van der Waals surface area contributed by atoms with Gasteiger partial charge < -0.3 is 11.1 Å². The molecule has 0 aliphatic carbocycles. The minimum atomic E-state index is 0.142. The molecular formula is C10H7BrCl2N4. The van der Waals surface area contributed by atoms with Crippen LogP contribution < -0.4 is 11.1 Å². The summed E-state index contributed by atoms with van der Waals surface area (Å²) in [7, 11) is 0. The number of nitrogens with zero attached hydrogens (tertiary/aromatic N) is 2. The van der Waals surface area contributed by atoms with Gasteiger partial charge in [-0.25, -0.2) is 4.98 Å². The van der Waals surface area contributed by atoms with E-state index in [0.717, 1.165) is 4.47 Å². The Morgan fingerprint density at radius 2 is 2.00 bits per heavy atom. The molecule has 7 heteroatoms. The molecule has 1 aromatic carbocycles. The maximum absolute atomic E-state index is 6.04. The lowest BCUT2D eigenvalue weighted by molar-refractivity contribution is 1.18. The van der Waals surface area contributed by atoms with E-state index >= 15 is 0 Å². The molecule has 0 bridgehead atoms. The van der Waals surface area contributed by atoms with Crippen LogP contribution in [0.5, 0.6) is 0 Å². The van der Waals surface area contributed by atoms with Gasteiger partial charge in [-0.05, 0) is 18.2 Å². The van der Waals surface area contributed by atoms with E-state index < -0.39 is 0 Å². The number of anilines is 3. The number of nitrogens with one attached hydrogen (secondary N) is 1. The summed E-state index contributed by atoms with van der Waals surface area (Å²) < 4.78 is 0.891. The Labute approximate surface area is 116 Å². The van der Waals surface area contributed by atoms with Crippen molar-refractivity contribution >= 4 is 56.6 Å². The van der Waals surface area contributed by atoms with Gasteiger partial charge in [-0.15, -0.1) is 0 Å². The zero-order chi connectivity index (χ0) is 12.4. The predicted octanol–water partition coefficient (Wildman–Crippen LogP) is 3.87. The molecule has 3 N–H and O–H groups in total. The van der Waals surface area contributed by atoms with Crippen molar-refractivity contribution < 1.29 is 0 Å². The molecule has 2 aromatic rings. The first kappa shape index (κ1) is 12.4. The number of aromatic nitrogens is 2. The van der Waals surface area contributed by atoms with E-state index in [4.69, 9.17) is 28.9 Å². The van der Waals surface area contributed by atoms with Gasteiger partial charge in [-0.2, -0.15) is 4.98 Å². The summed E-state index contributed by atoms with van der Waals surface area (Å²) in [6.07, 6.45) is 1.43. The second-order valence-electron chi connectivity index (χ2n) is 3.17. The lowest BCUT2D eigenvalue weighted by atomic mass is 10.3. The summed E-state index contributed by atoms with van der Waals surface area (Å²) in [4.78, 5) is 7.76. The van der Waals surface area contributed by atoms with Crippen LogP contribution in [0, 0.1) is 0 Å². The zero-order valence-electron chi connectivity index (χ0n) is 8.42. The molecule has 0 aliphatic heterocycles. The molecule has 0 radical (unpaired) electrons. The van der Waals surface area contributed by atoms with Gasteiger partial charge in [0.2, 0.25) is 5.95 Å². The highest BCUT2D eigenvalue weighted by molar-refractivity contribution is 9.10. The lowest BCUT2D eigenvalue weighted by Gasteiger charge is -2.09. The van der Waals surface area contributed by atoms with Crippen molar-refractivity contribution in [1.82, 2.24) is 9.97 Å². The molecule has 0 spiro atoms. The fraction of sp³-hybridized carbons (Fsp3) is 0. The Balaban J connectivity index is 2.37. The van der Waals surface area contributed by atoms with E-state index in [1.165, 1.54) is 6.20 Å². The van der Waals surface area contributed by atoms with Gasteiger partial charge in [0.25, 0.3) is 0 Å². The van der Waals surface area contributed by atoms with Crippen LogP contribution in [0.25, 0.3) is 0 Å². The molecule has 0 atom stereocenters. The summed E-state index contributed by atoms with van der Waals surface area (Å²) in [6, 6.07) is 5.41. The number of halogens is 3. The predicted molar refractivity (Wildman–Crippen MR) is 73.9 cm³/mol. The number of rotatable bonds is 2. The number of nitrogen functional groups attached to an aromatic ring is 1. The number of benzene rings is 1. The van der Waals surface area contributed by atoms with Gasteiger partial charge in [-0.1, -0.05) is 39.1 Å². The van der Waals surface area contributed by atoms with Crippen molar-refractivity contribution in [3.63, 3.8) is 0 Å². The molecule has 0 unspecified atom stereocenters. The quantitative estimate of drug-likeness (QED) is 0.875. The third-order valence-electron chi connectivity index (χ3n) is 1.94. The van der Waals surface area contributed by atoms with E-state index in [9.17, 15) is 0 Å².